The first kappa shape index (κ1) is 18.1. The number of aliphatic hydroxyl groups excluding tert-OH is 1. The van der Waals surface area contributed by atoms with Crippen molar-refractivity contribution >= 4 is 0 Å². The number of benzene rings is 2. The van der Waals surface area contributed by atoms with Crippen LogP contribution in [0.4, 0.5) is 0 Å². The number of methoxy groups -OCH3 is 1. The second-order valence-corrected chi connectivity index (χ2v) is 6.20. The molecule has 0 saturated carbocycles. The third-order valence-electron chi connectivity index (χ3n) is 4.28. The molecule has 0 atom stereocenters. The molecule has 1 N–H and O–H groups in total. The molecule has 0 unspecified atom stereocenters. The van der Waals surface area contributed by atoms with E-state index in [-0.39, 0.29) is 13.4 Å². The lowest BCUT2D eigenvalue weighted by molar-refractivity contribution is 0.171. The van der Waals surface area contributed by atoms with Crippen LogP contribution in [0.15, 0.2) is 48.0 Å². The van der Waals surface area contributed by atoms with Crippen molar-refractivity contribution in [2.75, 3.05) is 27.1 Å². The van der Waals surface area contributed by atoms with E-state index in [9.17, 15) is 0 Å². The summed E-state index contributed by atoms with van der Waals surface area (Å²) in [4.78, 5) is 0. The highest BCUT2D eigenvalue weighted by molar-refractivity contribution is 5.55. The minimum absolute atomic E-state index is 0.0624. The van der Waals surface area contributed by atoms with Gasteiger partial charge in [-0.15, -0.1) is 0 Å². The van der Waals surface area contributed by atoms with Crippen LogP contribution in [0, 0.1) is 0 Å². The van der Waals surface area contributed by atoms with Gasteiger partial charge in [-0.1, -0.05) is 12.1 Å². The molecule has 5 heteroatoms. The minimum Gasteiger partial charge on any atom is -0.493 e. The number of fused-ring (bicyclic) bond motifs is 1. The Kier molecular flexibility index (Phi) is 6.02. The molecule has 2 aromatic rings. The van der Waals surface area contributed by atoms with Gasteiger partial charge in [0.05, 0.1) is 13.7 Å². The van der Waals surface area contributed by atoms with Gasteiger partial charge < -0.3 is 24.1 Å². The van der Waals surface area contributed by atoms with Crippen molar-refractivity contribution in [1.29, 1.82) is 0 Å². The van der Waals surface area contributed by atoms with Crippen molar-refractivity contribution in [2.45, 2.75) is 19.8 Å². The summed E-state index contributed by atoms with van der Waals surface area (Å²) in [7, 11) is 1.64. The lowest BCUT2D eigenvalue weighted by Crippen LogP contribution is -1.97. The fourth-order valence-electron chi connectivity index (χ4n) is 2.71. The van der Waals surface area contributed by atoms with Gasteiger partial charge in [0.25, 0.3) is 0 Å². The van der Waals surface area contributed by atoms with Crippen LogP contribution < -0.4 is 18.9 Å². The highest BCUT2D eigenvalue weighted by atomic mass is 16.7. The van der Waals surface area contributed by atoms with Gasteiger partial charge in [-0.05, 0) is 66.8 Å². The number of aliphatic hydroxyl groups is 1. The Morgan fingerprint density at radius 2 is 1.88 bits per heavy atom. The van der Waals surface area contributed by atoms with Gasteiger partial charge in [0.2, 0.25) is 12.5 Å². The summed E-state index contributed by atoms with van der Waals surface area (Å²) in [5.41, 5.74) is 3.29. The fraction of sp³-hybridized carbons (Fsp3) is 0.333. The van der Waals surface area contributed by atoms with E-state index < -0.39 is 0 Å². The zero-order valence-electron chi connectivity index (χ0n) is 15.2. The molecule has 0 radical (unpaired) electrons. The summed E-state index contributed by atoms with van der Waals surface area (Å²) < 4.78 is 21.9. The maximum atomic E-state index is 8.96. The summed E-state index contributed by atoms with van der Waals surface area (Å²) >= 11 is 0. The van der Waals surface area contributed by atoms with E-state index in [4.69, 9.17) is 24.1 Å². The quantitative estimate of drug-likeness (QED) is 0.734. The molecule has 2 aromatic carbocycles. The zero-order chi connectivity index (χ0) is 18.4. The van der Waals surface area contributed by atoms with Gasteiger partial charge >= 0.3 is 0 Å². The highest BCUT2D eigenvalue weighted by Crippen LogP contribution is 2.42. The lowest BCUT2D eigenvalue weighted by Gasteiger charge is -2.09. The maximum Gasteiger partial charge on any atom is 0.231 e. The van der Waals surface area contributed by atoms with Crippen molar-refractivity contribution in [3.63, 3.8) is 0 Å². The smallest absolute Gasteiger partial charge is 0.231 e. The van der Waals surface area contributed by atoms with E-state index in [0.29, 0.717) is 18.1 Å². The Hall–Kier alpha value is -2.66. The Morgan fingerprint density at radius 1 is 1.12 bits per heavy atom. The number of ether oxygens (including phenoxy) is 4. The van der Waals surface area contributed by atoms with Crippen LogP contribution in [-0.2, 0) is 12.8 Å². The van der Waals surface area contributed by atoms with Gasteiger partial charge in [0, 0.05) is 0 Å². The van der Waals surface area contributed by atoms with E-state index in [1.54, 1.807) is 7.11 Å². The van der Waals surface area contributed by atoms with E-state index in [0.717, 1.165) is 35.5 Å². The largest absolute Gasteiger partial charge is 0.493 e. The van der Waals surface area contributed by atoms with Crippen LogP contribution in [-0.4, -0.2) is 32.2 Å². The average Bonchev–Trinajstić information content (AvgIpc) is 3.15. The predicted octanol–water partition coefficient (Wildman–Crippen LogP) is 3.53. The molecule has 1 heterocycles. The number of hydrogen-bond acceptors (Lipinski definition) is 5. The molecule has 26 heavy (non-hydrogen) atoms. The molecule has 0 aromatic heterocycles. The molecule has 0 bridgehead atoms. The van der Waals surface area contributed by atoms with Crippen LogP contribution in [0.5, 0.6) is 23.0 Å². The average molecular weight is 356 g/mol. The zero-order valence-corrected chi connectivity index (χ0v) is 15.2. The molecule has 138 valence electrons. The lowest BCUT2D eigenvalue weighted by atomic mass is 10.0. The first-order valence-electron chi connectivity index (χ1n) is 8.64. The van der Waals surface area contributed by atoms with Crippen LogP contribution in [0.2, 0.25) is 0 Å². The maximum absolute atomic E-state index is 8.96. The van der Waals surface area contributed by atoms with Gasteiger partial charge in [0.15, 0.2) is 11.5 Å². The molecule has 1 aliphatic heterocycles. The van der Waals surface area contributed by atoms with Crippen LogP contribution in [0.25, 0.3) is 0 Å². The number of hydrogen-bond donors (Lipinski definition) is 1. The van der Waals surface area contributed by atoms with Gasteiger partial charge in [0.1, 0.15) is 12.4 Å². The fourth-order valence-corrected chi connectivity index (χ4v) is 2.71. The van der Waals surface area contributed by atoms with Crippen molar-refractivity contribution in [3.8, 4) is 23.0 Å². The second-order valence-electron chi connectivity index (χ2n) is 6.20. The van der Waals surface area contributed by atoms with E-state index in [1.165, 1.54) is 5.56 Å². The summed E-state index contributed by atoms with van der Waals surface area (Å²) in [6.45, 7) is 2.64. The Bertz CT molecular complexity index is 765. The molecule has 3 rings (SSSR count). The summed E-state index contributed by atoms with van der Waals surface area (Å²) in [5, 5.41) is 8.96. The monoisotopic (exact) mass is 356 g/mol. The first-order valence-corrected chi connectivity index (χ1v) is 8.64. The molecule has 0 amide bonds. The van der Waals surface area contributed by atoms with Crippen LogP contribution in [0.3, 0.4) is 0 Å². The normalized spacial score (nSPS) is 13.0. The Labute approximate surface area is 153 Å². The summed E-state index contributed by atoms with van der Waals surface area (Å²) in [6, 6.07) is 12.1. The van der Waals surface area contributed by atoms with Crippen molar-refractivity contribution < 1.29 is 24.1 Å². The van der Waals surface area contributed by atoms with Crippen molar-refractivity contribution in [3.05, 3.63) is 59.2 Å². The number of aryl methyl sites for hydroxylation is 2. The van der Waals surface area contributed by atoms with E-state index >= 15 is 0 Å². The minimum atomic E-state index is 0.0624. The van der Waals surface area contributed by atoms with Crippen molar-refractivity contribution in [1.82, 2.24) is 0 Å². The van der Waals surface area contributed by atoms with Crippen LogP contribution >= 0.6 is 0 Å². The molecule has 0 saturated heterocycles. The molecule has 5 nitrogen and oxygen atoms in total. The molecular formula is C21H24O5. The van der Waals surface area contributed by atoms with Crippen molar-refractivity contribution in [2.24, 2.45) is 0 Å². The van der Waals surface area contributed by atoms with E-state index in [2.05, 4.69) is 12.1 Å². The first-order chi connectivity index (χ1) is 12.7. The standard InChI is InChI=1S/C21H24O5/c1-15(13-22)9-10-24-18-7-5-16(6-8-18)3-4-17-11-19(23-2)21-20(12-17)25-14-26-21/h5-9,11-12,22H,3-4,10,13-14H2,1-2H3. The summed E-state index contributed by atoms with van der Waals surface area (Å²) in [5.74, 6) is 2.96. The number of rotatable bonds is 8. The van der Waals surface area contributed by atoms with Crippen LogP contribution in [0.1, 0.15) is 18.1 Å². The molecule has 0 aliphatic carbocycles. The van der Waals surface area contributed by atoms with Gasteiger partial charge in [-0.3, -0.25) is 0 Å². The van der Waals surface area contributed by atoms with E-state index in [1.807, 2.05) is 37.3 Å². The molecule has 1 aliphatic rings. The molecular weight excluding hydrogens is 332 g/mol. The third-order valence-corrected chi connectivity index (χ3v) is 4.28. The molecule has 0 spiro atoms. The van der Waals surface area contributed by atoms with Gasteiger partial charge in [-0.2, -0.15) is 0 Å². The Morgan fingerprint density at radius 3 is 2.62 bits per heavy atom. The Balaban J connectivity index is 1.57. The highest BCUT2D eigenvalue weighted by Gasteiger charge is 2.19. The predicted molar refractivity (Wildman–Crippen MR) is 99.3 cm³/mol. The second kappa shape index (κ2) is 8.63. The molecule has 0 fully saturated rings. The third kappa shape index (κ3) is 4.49. The SMILES string of the molecule is COc1cc(CCc2ccc(OCC=C(C)CO)cc2)cc2c1OCO2. The topological polar surface area (TPSA) is 57.2 Å². The summed E-state index contributed by atoms with van der Waals surface area (Å²) in [6.07, 6.45) is 3.67. The van der Waals surface area contributed by atoms with Gasteiger partial charge in [-0.25, -0.2) is 0 Å².